The minimum atomic E-state index is -4.40. The number of hydrogen-bond acceptors (Lipinski definition) is 4. The number of aryl methyl sites for hydroxylation is 1. The first-order chi connectivity index (χ1) is 13.1. The fraction of sp³-hybridized carbons (Fsp3) is 0.474. The van der Waals surface area contributed by atoms with Crippen molar-refractivity contribution in [3.63, 3.8) is 0 Å². The van der Waals surface area contributed by atoms with E-state index in [-0.39, 0.29) is 5.91 Å². The molecule has 28 heavy (non-hydrogen) atoms. The summed E-state index contributed by atoms with van der Waals surface area (Å²) in [7, 11) is 3.28. The molecule has 1 aromatic rings. The SMILES string of the molecule is CCc1ccccc1NC(=O)[C@H]1C(=S)N(C)C[C@@H]1C1=CC(C(F)(F)F)NN1C. The number of halogens is 3. The highest BCUT2D eigenvalue weighted by Crippen LogP contribution is 2.37. The molecule has 9 heteroatoms. The number of alkyl halides is 3. The minimum Gasteiger partial charge on any atom is -0.368 e. The summed E-state index contributed by atoms with van der Waals surface area (Å²) in [5.41, 5.74) is 4.52. The molecule has 1 fully saturated rings. The van der Waals surface area contributed by atoms with E-state index in [0.717, 1.165) is 18.1 Å². The fourth-order valence-corrected chi connectivity index (χ4v) is 4.11. The number of benzene rings is 1. The van der Waals surface area contributed by atoms with Crippen LogP contribution in [0.4, 0.5) is 18.9 Å². The quantitative estimate of drug-likeness (QED) is 0.745. The molecule has 2 aliphatic heterocycles. The van der Waals surface area contributed by atoms with Crippen LogP contribution >= 0.6 is 12.2 Å². The number of anilines is 1. The molecule has 1 aromatic carbocycles. The van der Waals surface area contributed by atoms with Crippen LogP contribution in [0, 0.1) is 11.8 Å². The molecule has 5 nitrogen and oxygen atoms in total. The first-order valence-corrected chi connectivity index (χ1v) is 9.46. The van der Waals surface area contributed by atoms with Gasteiger partial charge in [0.15, 0.2) is 0 Å². The van der Waals surface area contributed by atoms with Crippen LogP contribution in [0.3, 0.4) is 0 Å². The number of hydrogen-bond donors (Lipinski definition) is 2. The lowest BCUT2D eigenvalue weighted by Crippen LogP contribution is -2.44. The highest BCUT2D eigenvalue weighted by Gasteiger charge is 2.48. The number of likely N-dealkylation sites (tertiary alicyclic amines) is 1. The Bertz CT molecular complexity index is 811. The third-order valence-electron chi connectivity index (χ3n) is 5.24. The Balaban J connectivity index is 1.88. The maximum Gasteiger partial charge on any atom is 0.409 e. The molecule has 152 valence electrons. The van der Waals surface area contributed by atoms with E-state index < -0.39 is 24.1 Å². The standard InChI is InChI=1S/C19H23F3N4OS/c1-4-11-7-5-6-8-13(11)23-17(27)16-12(10-25(2)18(16)28)14-9-15(19(20,21)22)24-26(14)3/h5-9,12,15-16,24H,4,10H2,1-3H3,(H,23,27)/t12-,15?,16+/m1/s1. The molecule has 1 saturated heterocycles. The van der Waals surface area contributed by atoms with Gasteiger partial charge in [0.05, 0.1) is 10.9 Å². The van der Waals surface area contributed by atoms with Gasteiger partial charge >= 0.3 is 6.18 Å². The second-order valence-electron chi connectivity index (χ2n) is 7.10. The topological polar surface area (TPSA) is 47.6 Å². The van der Waals surface area contributed by atoms with Gasteiger partial charge in [0, 0.05) is 37.9 Å². The average Bonchev–Trinajstić information content (AvgIpc) is 3.15. The molecule has 0 aromatic heterocycles. The van der Waals surface area contributed by atoms with Gasteiger partial charge < -0.3 is 15.2 Å². The van der Waals surface area contributed by atoms with Crippen LogP contribution in [0.2, 0.25) is 0 Å². The van der Waals surface area contributed by atoms with Gasteiger partial charge in [-0.3, -0.25) is 4.79 Å². The molecule has 2 heterocycles. The molecule has 3 atom stereocenters. The molecule has 0 spiro atoms. The molecular weight excluding hydrogens is 389 g/mol. The van der Waals surface area contributed by atoms with Crippen LogP contribution in [-0.4, -0.2) is 53.7 Å². The highest BCUT2D eigenvalue weighted by atomic mass is 32.1. The summed E-state index contributed by atoms with van der Waals surface area (Å²) >= 11 is 5.45. The van der Waals surface area contributed by atoms with Crippen molar-refractivity contribution in [2.45, 2.75) is 25.6 Å². The first-order valence-electron chi connectivity index (χ1n) is 9.05. The Morgan fingerprint density at radius 2 is 2.00 bits per heavy atom. The number of nitrogens with zero attached hydrogens (tertiary/aromatic N) is 2. The Kier molecular flexibility index (Phi) is 5.67. The Morgan fingerprint density at radius 3 is 2.61 bits per heavy atom. The van der Waals surface area contributed by atoms with Crippen molar-refractivity contribution < 1.29 is 18.0 Å². The number of carbonyl (C=O) groups excluding carboxylic acids is 1. The third kappa shape index (κ3) is 3.86. The van der Waals surface area contributed by atoms with E-state index in [1.165, 1.54) is 12.1 Å². The van der Waals surface area contributed by atoms with Crippen LogP contribution in [0.1, 0.15) is 12.5 Å². The maximum absolute atomic E-state index is 13.1. The summed E-state index contributed by atoms with van der Waals surface area (Å²) in [6.07, 6.45) is -2.51. The van der Waals surface area contributed by atoms with Gasteiger partial charge in [-0.05, 0) is 24.1 Å². The maximum atomic E-state index is 13.1. The summed E-state index contributed by atoms with van der Waals surface area (Å²) in [6, 6.07) is 5.70. The van der Waals surface area contributed by atoms with Crippen molar-refractivity contribution in [2.24, 2.45) is 11.8 Å². The Morgan fingerprint density at radius 1 is 1.32 bits per heavy atom. The molecule has 2 aliphatic rings. The molecule has 1 amide bonds. The summed E-state index contributed by atoms with van der Waals surface area (Å²) < 4.78 is 39.4. The summed E-state index contributed by atoms with van der Waals surface area (Å²) in [4.78, 5) is 15.3. The van der Waals surface area contributed by atoms with Crippen LogP contribution in [0.5, 0.6) is 0 Å². The monoisotopic (exact) mass is 412 g/mol. The minimum absolute atomic E-state index is 0.301. The lowest BCUT2D eigenvalue weighted by Gasteiger charge is -2.25. The second kappa shape index (κ2) is 7.71. The van der Waals surface area contributed by atoms with Crippen LogP contribution in [0.25, 0.3) is 0 Å². The van der Waals surface area contributed by atoms with Gasteiger partial charge in [-0.15, -0.1) is 0 Å². The van der Waals surface area contributed by atoms with Gasteiger partial charge in [-0.1, -0.05) is 37.3 Å². The number of carbonyl (C=O) groups is 1. The summed E-state index contributed by atoms with van der Waals surface area (Å²) in [6.45, 7) is 2.37. The number of hydrazine groups is 1. The number of nitrogens with one attached hydrogen (secondary N) is 2. The predicted octanol–water partition coefficient (Wildman–Crippen LogP) is 2.96. The highest BCUT2D eigenvalue weighted by molar-refractivity contribution is 7.80. The molecule has 0 radical (unpaired) electrons. The van der Waals surface area contributed by atoms with Gasteiger partial charge in [0.25, 0.3) is 0 Å². The number of para-hydroxylation sites is 1. The van der Waals surface area contributed by atoms with E-state index in [2.05, 4.69) is 10.7 Å². The van der Waals surface area contributed by atoms with Gasteiger partial charge in [0.2, 0.25) is 5.91 Å². The summed E-state index contributed by atoms with van der Waals surface area (Å²) in [5.74, 6) is -1.48. The van der Waals surface area contributed by atoms with Gasteiger partial charge in [-0.25, -0.2) is 5.43 Å². The van der Waals surface area contributed by atoms with Crippen LogP contribution in [0.15, 0.2) is 36.0 Å². The van der Waals surface area contributed by atoms with Crippen LogP contribution in [-0.2, 0) is 11.2 Å². The molecule has 3 rings (SSSR count). The van der Waals surface area contributed by atoms with E-state index in [1.54, 1.807) is 11.9 Å². The third-order valence-corrected chi connectivity index (χ3v) is 5.81. The lowest BCUT2D eigenvalue weighted by atomic mass is 9.91. The van der Waals surface area contributed by atoms with E-state index in [9.17, 15) is 18.0 Å². The zero-order chi connectivity index (χ0) is 20.6. The predicted molar refractivity (Wildman–Crippen MR) is 105 cm³/mol. The lowest BCUT2D eigenvalue weighted by molar-refractivity contribution is -0.149. The van der Waals surface area contributed by atoms with E-state index in [4.69, 9.17) is 12.2 Å². The van der Waals surface area contributed by atoms with Crippen molar-refractivity contribution in [1.29, 1.82) is 0 Å². The van der Waals surface area contributed by atoms with E-state index >= 15 is 0 Å². The molecule has 1 unspecified atom stereocenters. The summed E-state index contributed by atoms with van der Waals surface area (Å²) in [5, 5.41) is 4.27. The normalized spacial score (nSPS) is 25.3. The Labute approximate surface area is 167 Å². The first kappa shape index (κ1) is 20.6. The van der Waals surface area contributed by atoms with Crippen molar-refractivity contribution in [3.8, 4) is 0 Å². The van der Waals surface area contributed by atoms with Crippen molar-refractivity contribution in [2.75, 3.05) is 26.0 Å². The fourth-order valence-electron chi connectivity index (χ4n) is 3.76. The molecular formula is C19H23F3N4OS. The van der Waals surface area contributed by atoms with Crippen molar-refractivity contribution >= 4 is 28.8 Å². The number of rotatable bonds is 4. The van der Waals surface area contributed by atoms with Crippen LogP contribution < -0.4 is 10.7 Å². The average molecular weight is 412 g/mol. The largest absolute Gasteiger partial charge is 0.409 e. The number of amides is 1. The van der Waals surface area contributed by atoms with E-state index in [1.807, 2.05) is 31.2 Å². The van der Waals surface area contributed by atoms with Crippen molar-refractivity contribution in [3.05, 3.63) is 41.6 Å². The Hall–Kier alpha value is -2.13. The van der Waals surface area contributed by atoms with Gasteiger partial charge in [0.1, 0.15) is 6.04 Å². The van der Waals surface area contributed by atoms with Gasteiger partial charge in [-0.2, -0.15) is 13.2 Å². The zero-order valence-corrected chi connectivity index (χ0v) is 16.7. The second-order valence-corrected chi connectivity index (χ2v) is 7.52. The van der Waals surface area contributed by atoms with E-state index in [0.29, 0.717) is 22.9 Å². The zero-order valence-electron chi connectivity index (χ0n) is 15.9. The van der Waals surface area contributed by atoms with Crippen molar-refractivity contribution in [1.82, 2.24) is 15.3 Å². The molecule has 2 N–H and O–H groups in total. The number of thiocarbonyl (C=S) groups is 1. The molecule has 0 saturated carbocycles. The molecule has 0 aliphatic carbocycles. The smallest absolute Gasteiger partial charge is 0.368 e. The molecule has 0 bridgehead atoms.